The van der Waals surface area contributed by atoms with Crippen molar-refractivity contribution >= 4 is 0 Å². The van der Waals surface area contributed by atoms with Gasteiger partial charge in [0.05, 0.1) is 12.4 Å². The van der Waals surface area contributed by atoms with E-state index in [2.05, 4.69) is 15.3 Å². The molecule has 17 heavy (non-hydrogen) atoms. The van der Waals surface area contributed by atoms with Crippen molar-refractivity contribution in [3.05, 3.63) is 35.9 Å². The highest BCUT2D eigenvalue weighted by Crippen LogP contribution is 2.11. The van der Waals surface area contributed by atoms with E-state index in [0.717, 1.165) is 23.6 Å². The van der Waals surface area contributed by atoms with Crippen LogP contribution in [0.4, 0.5) is 0 Å². The fraction of sp³-hybridized carbons (Fsp3) is 0.364. The predicted octanol–water partition coefficient (Wildman–Crippen LogP) is 0.290. The van der Waals surface area contributed by atoms with E-state index in [4.69, 9.17) is 10.5 Å². The van der Waals surface area contributed by atoms with Gasteiger partial charge in [-0.25, -0.2) is 0 Å². The monoisotopic (exact) mass is 233 g/mol. The van der Waals surface area contributed by atoms with Crippen LogP contribution in [0, 0.1) is 0 Å². The minimum absolute atomic E-state index is 0.395. The molecule has 2 heterocycles. The van der Waals surface area contributed by atoms with Crippen LogP contribution in [-0.4, -0.2) is 26.5 Å². The summed E-state index contributed by atoms with van der Waals surface area (Å²) in [5.74, 6) is 0.719. The van der Waals surface area contributed by atoms with Crippen LogP contribution in [0.1, 0.15) is 11.4 Å². The molecule has 0 atom stereocenters. The van der Waals surface area contributed by atoms with Gasteiger partial charge in [-0.3, -0.25) is 9.67 Å². The first-order chi connectivity index (χ1) is 8.28. The quantitative estimate of drug-likeness (QED) is 0.803. The summed E-state index contributed by atoms with van der Waals surface area (Å²) in [7, 11) is 1.82. The smallest absolute Gasteiger partial charge is 0.138 e. The molecule has 0 saturated carbocycles. The fourth-order valence-electron chi connectivity index (χ4n) is 1.41. The van der Waals surface area contributed by atoms with Crippen LogP contribution in [0.15, 0.2) is 24.5 Å². The Morgan fingerprint density at radius 3 is 2.82 bits per heavy atom. The average Bonchev–Trinajstić information content (AvgIpc) is 2.75. The highest BCUT2D eigenvalue weighted by molar-refractivity contribution is 5.20. The number of pyridine rings is 1. The van der Waals surface area contributed by atoms with Gasteiger partial charge in [0.25, 0.3) is 0 Å². The molecule has 0 aliphatic heterocycles. The molecule has 2 aromatic heterocycles. The first kappa shape index (κ1) is 11.5. The Hall–Kier alpha value is -1.95. The summed E-state index contributed by atoms with van der Waals surface area (Å²) < 4.78 is 7.17. The standard InChI is InChI=1S/C11H15N5O/c1-16-7-10(14-15-16)8-17-11-3-2-9(4-5-12)13-6-11/h2-3,6-7H,4-5,8,12H2,1H3. The fourth-order valence-corrected chi connectivity index (χ4v) is 1.41. The maximum Gasteiger partial charge on any atom is 0.138 e. The molecule has 0 fully saturated rings. The summed E-state index contributed by atoms with van der Waals surface area (Å²) in [5, 5.41) is 7.75. The maximum atomic E-state index is 5.53. The highest BCUT2D eigenvalue weighted by atomic mass is 16.5. The Morgan fingerprint density at radius 1 is 1.35 bits per heavy atom. The highest BCUT2D eigenvalue weighted by Gasteiger charge is 2.00. The van der Waals surface area contributed by atoms with Gasteiger partial charge in [0, 0.05) is 19.2 Å². The first-order valence-electron chi connectivity index (χ1n) is 5.41. The maximum absolute atomic E-state index is 5.53. The average molecular weight is 233 g/mol. The van der Waals surface area contributed by atoms with E-state index >= 15 is 0 Å². The molecule has 0 amide bonds. The summed E-state index contributed by atoms with van der Waals surface area (Å²) >= 11 is 0. The Balaban J connectivity index is 1.90. The van der Waals surface area contributed by atoms with Crippen molar-refractivity contribution < 1.29 is 4.74 Å². The van der Waals surface area contributed by atoms with E-state index in [9.17, 15) is 0 Å². The van der Waals surface area contributed by atoms with Gasteiger partial charge in [0.2, 0.25) is 0 Å². The minimum Gasteiger partial charge on any atom is -0.486 e. The number of ether oxygens (including phenoxy) is 1. The molecule has 6 nitrogen and oxygen atoms in total. The second-order valence-electron chi connectivity index (χ2n) is 3.70. The first-order valence-corrected chi connectivity index (χ1v) is 5.41. The van der Waals surface area contributed by atoms with Gasteiger partial charge in [-0.2, -0.15) is 0 Å². The van der Waals surface area contributed by atoms with Crippen LogP contribution in [0.25, 0.3) is 0 Å². The van der Waals surface area contributed by atoms with Gasteiger partial charge in [0.15, 0.2) is 0 Å². The number of aromatic nitrogens is 4. The van der Waals surface area contributed by atoms with Crippen LogP contribution in [-0.2, 0) is 20.1 Å². The van der Waals surface area contributed by atoms with Crippen molar-refractivity contribution in [2.75, 3.05) is 6.54 Å². The number of hydrogen-bond donors (Lipinski definition) is 1. The summed E-state index contributed by atoms with van der Waals surface area (Å²) in [6.45, 7) is 0.999. The lowest BCUT2D eigenvalue weighted by Crippen LogP contribution is -2.04. The molecule has 90 valence electrons. The molecule has 0 spiro atoms. The summed E-state index contributed by atoms with van der Waals surface area (Å²) in [6.07, 6.45) is 4.29. The molecule has 0 saturated heterocycles. The molecule has 2 rings (SSSR count). The number of nitrogens with zero attached hydrogens (tertiary/aromatic N) is 4. The van der Waals surface area contributed by atoms with Gasteiger partial charge < -0.3 is 10.5 Å². The van der Waals surface area contributed by atoms with E-state index < -0.39 is 0 Å². The number of hydrogen-bond acceptors (Lipinski definition) is 5. The van der Waals surface area contributed by atoms with Crippen LogP contribution in [0.5, 0.6) is 5.75 Å². The van der Waals surface area contributed by atoms with Crippen LogP contribution < -0.4 is 10.5 Å². The van der Waals surface area contributed by atoms with Gasteiger partial charge in [0.1, 0.15) is 18.1 Å². The molecule has 2 N–H and O–H groups in total. The van der Waals surface area contributed by atoms with E-state index in [1.165, 1.54) is 0 Å². The topological polar surface area (TPSA) is 78.9 Å². The van der Waals surface area contributed by atoms with Crippen molar-refractivity contribution in [2.45, 2.75) is 13.0 Å². The third kappa shape index (κ3) is 3.25. The molecule has 0 aliphatic rings. The molecule has 0 aromatic carbocycles. The Morgan fingerprint density at radius 2 is 2.24 bits per heavy atom. The van der Waals surface area contributed by atoms with Crippen LogP contribution >= 0.6 is 0 Å². The van der Waals surface area contributed by atoms with E-state index in [1.54, 1.807) is 10.9 Å². The Bertz CT molecular complexity index is 465. The molecule has 0 radical (unpaired) electrons. The second kappa shape index (κ2) is 5.40. The molecule has 2 aromatic rings. The third-order valence-corrected chi connectivity index (χ3v) is 2.23. The summed E-state index contributed by atoms with van der Waals surface area (Å²) in [6, 6.07) is 3.80. The zero-order valence-electron chi connectivity index (χ0n) is 9.71. The molecular weight excluding hydrogens is 218 g/mol. The van der Waals surface area contributed by atoms with E-state index in [-0.39, 0.29) is 0 Å². The molecule has 6 heteroatoms. The molecule has 0 unspecified atom stereocenters. The zero-order chi connectivity index (χ0) is 12.1. The second-order valence-corrected chi connectivity index (χ2v) is 3.70. The van der Waals surface area contributed by atoms with Crippen molar-refractivity contribution in [2.24, 2.45) is 12.8 Å². The van der Waals surface area contributed by atoms with Crippen molar-refractivity contribution in [1.82, 2.24) is 20.0 Å². The van der Waals surface area contributed by atoms with Crippen molar-refractivity contribution in [3.8, 4) is 5.75 Å². The normalized spacial score (nSPS) is 10.5. The van der Waals surface area contributed by atoms with Gasteiger partial charge in [-0.05, 0) is 18.7 Å². The molecule has 0 aliphatic carbocycles. The Labute approximate surface area is 99.4 Å². The zero-order valence-corrected chi connectivity index (χ0v) is 9.71. The number of rotatable bonds is 5. The van der Waals surface area contributed by atoms with E-state index in [0.29, 0.717) is 13.2 Å². The lowest BCUT2D eigenvalue weighted by atomic mass is 10.3. The summed E-state index contributed by atoms with van der Waals surface area (Å²) in [4.78, 5) is 4.24. The number of aryl methyl sites for hydroxylation is 1. The van der Waals surface area contributed by atoms with Crippen LogP contribution in [0.3, 0.4) is 0 Å². The molecular formula is C11H15N5O. The van der Waals surface area contributed by atoms with Gasteiger partial charge in [-0.15, -0.1) is 5.10 Å². The number of nitrogens with two attached hydrogens (primary N) is 1. The minimum atomic E-state index is 0.395. The lowest BCUT2D eigenvalue weighted by Gasteiger charge is -2.04. The Kier molecular flexibility index (Phi) is 3.66. The van der Waals surface area contributed by atoms with Crippen molar-refractivity contribution in [3.63, 3.8) is 0 Å². The van der Waals surface area contributed by atoms with Crippen LogP contribution in [0.2, 0.25) is 0 Å². The SMILES string of the molecule is Cn1cc(COc2ccc(CCN)nc2)nn1. The summed E-state index contributed by atoms with van der Waals surface area (Å²) in [5.41, 5.74) is 7.21. The van der Waals surface area contributed by atoms with Gasteiger partial charge >= 0.3 is 0 Å². The lowest BCUT2D eigenvalue weighted by molar-refractivity contribution is 0.299. The predicted molar refractivity (Wildman–Crippen MR) is 62.3 cm³/mol. The van der Waals surface area contributed by atoms with Gasteiger partial charge in [-0.1, -0.05) is 5.21 Å². The van der Waals surface area contributed by atoms with Crippen molar-refractivity contribution in [1.29, 1.82) is 0 Å². The van der Waals surface area contributed by atoms with E-state index in [1.807, 2.05) is 25.4 Å². The third-order valence-electron chi connectivity index (χ3n) is 2.23. The largest absolute Gasteiger partial charge is 0.486 e. The molecule has 0 bridgehead atoms.